The first-order chi connectivity index (χ1) is 6.95. The van der Waals surface area contributed by atoms with Crippen LogP contribution in [-0.2, 0) is 9.53 Å². The van der Waals surface area contributed by atoms with E-state index in [1.54, 1.807) is 0 Å². The van der Waals surface area contributed by atoms with Crippen LogP contribution in [0.2, 0.25) is 0 Å². The number of carbonyl (C=O) groups excluding carboxylic acids is 1. The predicted molar refractivity (Wildman–Crippen MR) is 52.9 cm³/mol. The summed E-state index contributed by atoms with van der Waals surface area (Å²) in [7, 11) is 0. The maximum atomic E-state index is 11.7. The van der Waals surface area contributed by atoms with E-state index in [2.05, 4.69) is 21.2 Å². The molecule has 0 rings (SSSR count). The monoisotopic (exact) mass is 291 g/mol. The standard InChI is InChI=1S/C8H13BrF3NO2/c9-2-5-15-4-1-3-13-7(14)6-8(10,11)12/h1-6H2,(H,13,14). The van der Waals surface area contributed by atoms with E-state index in [-0.39, 0.29) is 6.54 Å². The highest BCUT2D eigenvalue weighted by atomic mass is 79.9. The largest absolute Gasteiger partial charge is 0.397 e. The Morgan fingerprint density at radius 3 is 2.53 bits per heavy atom. The van der Waals surface area contributed by atoms with Crippen molar-refractivity contribution in [3.63, 3.8) is 0 Å². The molecule has 0 unspecified atom stereocenters. The molecule has 0 radical (unpaired) electrons. The fraction of sp³-hybridized carbons (Fsp3) is 0.875. The third-order valence-corrected chi connectivity index (χ3v) is 1.69. The number of rotatable bonds is 7. The molecule has 1 amide bonds. The van der Waals surface area contributed by atoms with Gasteiger partial charge >= 0.3 is 6.18 Å². The topological polar surface area (TPSA) is 38.3 Å². The van der Waals surface area contributed by atoms with Crippen LogP contribution in [0.3, 0.4) is 0 Å². The van der Waals surface area contributed by atoms with Crippen LogP contribution in [0, 0.1) is 0 Å². The molecule has 0 aromatic rings. The summed E-state index contributed by atoms with van der Waals surface area (Å²) in [6.07, 6.45) is -5.34. The molecule has 0 aliphatic heterocycles. The Labute approximate surface area is 94.5 Å². The summed E-state index contributed by atoms with van der Waals surface area (Å²) >= 11 is 3.16. The zero-order chi connectivity index (χ0) is 11.7. The molecule has 3 nitrogen and oxygen atoms in total. The Balaban J connectivity index is 3.32. The number of halogens is 4. The molecule has 0 saturated carbocycles. The highest BCUT2D eigenvalue weighted by molar-refractivity contribution is 9.09. The van der Waals surface area contributed by atoms with Crippen molar-refractivity contribution in [2.24, 2.45) is 0 Å². The molecule has 0 aliphatic rings. The van der Waals surface area contributed by atoms with Gasteiger partial charge in [-0.25, -0.2) is 0 Å². The second-order valence-electron chi connectivity index (χ2n) is 2.80. The number of amides is 1. The molecule has 0 spiro atoms. The van der Waals surface area contributed by atoms with E-state index in [4.69, 9.17) is 4.74 Å². The SMILES string of the molecule is O=C(CC(F)(F)F)NCCCOCCBr. The van der Waals surface area contributed by atoms with Crippen LogP contribution in [0.5, 0.6) is 0 Å². The minimum atomic E-state index is -4.43. The van der Waals surface area contributed by atoms with Gasteiger partial charge in [-0.15, -0.1) is 0 Å². The van der Waals surface area contributed by atoms with Gasteiger partial charge in [-0.05, 0) is 6.42 Å². The summed E-state index contributed by atoms with van der Waals surface area (Å²) in [4.78, 5) is 10.7. The molecule has 0 heterocycles. The second kappa shape index (κ2) is 7.92. The maximum Gasteiger partial charge on any atom is 0.397 e. The van der Waals surface area contributed by atoms with Gasteiger partial charge in [0.1, 0.15) is 6.42 Å². The van der Waals surface area contributed by atoms with Crippen molar-refractivity contribution in [2.45, 2.75) is 19.0 Å². The molecular formula is C8H13BrF3NO2. The van der Waals surface area contributed by atoms with Gasteiger partial charge < -0.3 is 10.1 Å². The molecule has 0 bridgehead atoms. The molecule has 0 aromatic heterocycles. The fourth-order valence-electron chi connectivity index (χ4n) is 0.803. The minimum Gasteiger partial charge on any atom is -0.381 e. The smallest absolute Gasteiger partial charge is 0.381 e. The molecule has 7 heteroatoms. The van der Waals surface area contributed by atoms with Crippen molar-refractivity contribution < 1.29 is 22.7 Å². The first-order valence-electron chi connectivity index (χ1n) is 4.43. The second-order valence-corrected chi connectivity index (χ2v) is 3.59. The van der Waals surface area contributed by atoms with Crippen LogP contribution < -0.4 is 5.32 Å². The van der Waals surface area contributed by atoms with Crippen molar-refractivity contribution in [3.05, 3.63) is 0 Å². The minimum absolute atomic E-state index is 0.206. The summed E-state index contributed by atoms with van der Waals surface area (Å²) in [6.45, 7) is 1.19. The average Bonchev–Trinajstić information content (AvgIpc) is 2.08. The normalized spacial score (nSPS) is 11.5. The molecule has 0 saturated heterocycles. The first-order valence-corrected chi connectivity index (χ1v) is 5.55. The summed E-state index contributed by atoms with van der Waals surface area (Å²) in [5.74, 6) is -0.997. The molecule has 0 atom stereocenters. The third kappa shape index (κ3) is 11.6. The van der Waals surface area contributed by atoms with E-state index < -0.39 is 18.5 Å². The zero-order valence-electron chi connectivity index (χ0n) is 8.07. The predicted octanol–water partition coefficient (Wildman–Crippen LogP) is 1.86. The Morgan fingerprint density at radius 1 is 1.33 bits per heavy atom. The van der Waals surface area contributed by atoms with Crippen LogP contribution in [0.1, 0.15) is 12.8 Å². The lowest BCUT2D eigenvalue weighted by atomic mass is 10.3. The zero-order valence-corrected chi connectivity index (χ0v) is 9.66. The van der Waals surface area contributed by atoms with Gasteiger partial charge in [0.2, 0.25) is 5.91 Å². The highest BCUT2D eigenvalue weighted by Crippen LogP contribution is 2.18. The Morgan fingerprint density at radius 2 is 2.00 bits per heavy atom. The number of nitrogens with one attached hydrogen (secondary N) is 1. The average molecular weight is 292 g/mol. The molecule has 0 aliphatic carbocycles. The van der Waals surface area contributed by atoms with Crippen LogP contribution in [0.15, 0.2) is 0 Å². The van der Waals surface area contributed by atoms with Crippen molar-refractivity contribution in [2.75, 3.05) is 25.1 Å². The van der Waals surface area contributed by atoms with Crippen molar-refractivity contribution in [1.29, 1.82) is 0 Å². The molecule has 0 aromatic carbocycles. The van der Waals surface area contributed by atoms with Gasteiger partial charge in [-0.1, -0.05) is 15.9 Å². The van der Waals surface area contributed by atoms with Gasteiger partial charge in [-0.3, -0.25) is 4.79 Å². The molecule has 1 N–H and O–H groups in total. The van der Waals surface area contributed by atoms with E-state index in [9.17, 15) is 18.0 Å². The Bertz CT molecular complexity index is 187. The lowest BCUT2D eigenvalue weighted by Gasteiger charge is -2.07. The van der Waals surface area contributed by atoms with Crippen LogP contribution in [0.4, 0.5) is 13.2 Å². The van der Waals surface area contributed by atoms with Gasteiger partial charge in [0.25, 0.3) is 0 Å². The Kier molecular flexibility index (Phi) is 7.76. The maximum absolute atomic E-state index is 11.7. The van der Waals surface area contributed by atoms with E-state index >= 15 is 0 Å². The number of ether oxygens (including phenoxy) is 1. The van der Waals surface area contributed by atoms with Gasteiger partial charge in [-0.2, -0.15) is 13.2 Å². The number of hydrogen-bond donors (Lipinski definition) is 1. The van der Waals surface area contributed by atoms with Crippen molar-refractivity contribution in [3.8, 4) is 0 Å². The van der Waals surface area contributed by atoms with Gasteiger partial charge in [0.05, 0.1) is 6.61 Å². The highest BCUT2D eigenvalue weighted by Gasteiger charge is 2.30. The molecule has 15 heavy (non-hydrogen) atoms. The fourth-order valence-corrected chi connectivity index (χ4v) is 1.03. The third-order valence-electron chi connectivity index (χ3n) is 1.37. The summed E-state index contributed by atoms with van der Waals surface area (Å²) in [5.41, 5.74) is 0. The summed E-state index contributed by atoms with van der Waals surface area (Å²) in [5, 5.41) is 2.88. The van der Waals surface area contributed by atoms with Crippen LogP contribution in [-0.4, -0.2) is 37.2 Å². The van der Waals surface area contributed by atoms with Crippen molar-refractivity contribution >= 4 is 21.8 Å². The molecular weight excluding hydrogens is 279 g/mol. The van der Waals surface area contributed by atoms with Gasteiger partial charge in [0, 0.05) is 18.5 Å². The van der Waals surface area contributed by atoms with Crippen LogP contribution >= 0.6 is 15.9 Å². The number of hydrogen-bond acceptors (Lipinski definition) is 2. The summed E-state index contributed by atoms with van der Waals surface area (Å²) in [6, 6.07) is 0. The van der Waals surface area contributed by atoms with Crippen LogP contribution in [0.25, 0.3) is 0 Å². The Hall–Kier alpha value is -0.300. The summed E-state index contributed by atoms with van der Waals surface area (Å²) < 4.78 is 40.1. The number of carbonyl (C=O) groups is 1. The van der Waals surface area contributed by atoms with E-state index in [0.717, 1.165) is 0 Å². The lowest BCUT2D eigenvalue weighted by Crippen LogP contribution is -2.29. The first kappa shape index (κ1) is 14.7. The van der Waals surface area contributed by atoms with E-state index in [1.807, 2.05) is 0 Å². The lowest BCUT2D eigenvalue weighted by molar-refractivity contribution is -0.153. The van der Waals surface area contributed by atoms with Crippen molar-refractivity contribution in [1.82, 2.24) is 5.32 Å². The molecule has 90 valence electrons. The molecule has 0 fully saturated rings. The van der Waals surface area contributed by atoms with E-state index in [1.165, 1.54) is 0 Å². The quantitative estimate of drug-likeness (QED) is 0.574. The van der Waals surface area contributed by atoms with E-state index in [0.29, 0.717) is 25.0 Å². The van der Waals surface area contributed by atoms with Gasteiger partial charge in [0.15, 0.2) is 0 Å². The number of alkyl halides is 4.